The number of hydrogen-bond acceptors (Lipinski definition) is 4. The minimum atomic E-state index is -0.0679. The van der Waals surface area contributed by atoms with E-state index in [2.05, 4.69) is 24.1 Å². The summed E-state index contributed by atoms with van der Waals surface area (Å²) in [6, 6.07) is 1.28. The van der Waals surface area contributed by atoms with Gasteiger partial charge in [0.05, 0.1) is 6.61 Å². The van der Waals surface area contributed by atoms with Crippen LogP contribution in [0.15, 0.2) is 0 Å². The van der Waals surface area contributed by atoms with Crippen molar-refractivity contribution in [2.24, 2.45) is 0 Å². The molecule has 0 bridgehead atoms. The van der Waals surface area contributed by atoms with Crippen LogP contribution in [-0.2, 0) is 9.47 Å². The van der Waals surface area contributed by atoms with Gasteiger partial charge < -0.3 is 14.8 Å². The largest absolute Gasteiger partial charge is 0.378 e. The molecule has 2 saturated heterocycles. The molecule has 0 aliphatic carbocycles. The summed E-state index contributed by atoms with van der Waals surface area (Å²) in [6.45, 7) is 9.42. The van der Waals surface area contributed by atoms with Gasteiger partial charge in [-0.15, -0.1) is 0 Å². The molecule has 0 aromatic heterocycles. The van der Waals surface area contributed by atoms with Crippen molar-refractivity contribution >= 4 is 0 Å². The van der Waals surface area contributed by atoms with Crippen molar-refractivity contribution in [1.82, 2.24) is 10.2 Å². The number of ether oxygens (including phenoxy) is 2. The van der Waals surface area contributed by atoms with Gasteiger partial charge in [-0.1, -0.05) is 20.3 Å². The van der Waals surface area contributed by atoms with Crippen molar-refractivity contribution in [1.29, 1.82) is 0 Å². The second-order valence-electron chi connectivity index (χ2n) is 6.08. The molecule has 2 aliphatic rings. The fraction of sp³-hybridized carbons (Fsp3) is 1.00. The standard InChI is InChI=1S/C15H30N2O2/c1-4-6-13-10-17(14(5-2)9-16-13)11-15(18-3)7-8-19-12-15/h13-14,16H,4-12H2,1-3H3. The van der Waals surface area contributed by atoms with E-state index in [4.69, 9.17) is 9.47 Å². The molecule has 1 N–H and O–H groups in total. The molecule has 0 radical (unpaired) electrons. The van der Waals surface area contributed by atoms with Crippen LogP contribution in [0.2, 0.25) is 0 Å². The number of rotatable bonds is 6. The number of methoxy groups -OCH3 is 1. The normalized spacial score (nSPS) is 36.8. The Balaban J connectivity index is 1.97. The van der Waals surface area contributed by atoms with Gasteiger partial charge in [0.1, 0.15) is 5.60 Å². The Bertz CT molecular complexity index is 267. The van der Waals surface area contributed by atoms with Gasteiger partial charge in [-0.25, -0.2) is 0 Å². The van der Waals surface area contributed by atoms with Crippen LogP contribution in [0.1, 0.15) is 39.5 Å². The van der Waals surface area contributed by atoms with Crippen LogP contribution < -0.4 is 5.32 Å². The van der Waals surface area contributed by atoms with Crippen LogP contribution in [-0.4, -0.2) is 62.5 Å². The molecule has 0 aromatic carbocycles. The quantitative estimate of drug-likeness (QED) is 0.795. The predicted molar refractivity (Wildman–Crippen MR) is 77.5 cm³/mol. The number of nitrogens with zero attached hydrogens (tertiary/aromatic N) is 1. The molecule has 2 fully saturated rings. The number of nitrogens with one attached hydrogen (secondary N) is 1. The van der Waals surface area contributed by atoms with Crippen molar-refractivity contribution < 1.29 is 9.47 Å². The minimum Gasteiger partial charge on any atom is -0.378 e. The van der Waals surface area contributed by atoms with Crippen molar-refractivity contribution in [2.75, 3.05) is 40.0 Å². The molecule has 4 heteroatoms. The van der Waals surface area contributed by atoms with Crippen molar-refractivity contribution in [3.63, 3.8) is 0 Å². The molecule has 2 rings (SSSR count). The molecule has 4 nitrogen and oxygen atoms in total. The molecule has 0 amide bonds. The average molecular weight is 270 g/mol. The second kappa shape index (κ2) is 7.02. The Morgan fingerprint density at radius 3 is 2.84 bits per heavy atom. The Hall–Kier alpha value is -0.160. The number of piperazine rings is 1. The average Bonchev–Trinajstić information content (AvgIpc) is 2.89. The van der Waals surface area contributed by atoms with E-state index in [1.165, 1.54) is 19.3 Å². The molecule has 112 valence electrons. The first kappa shape index (κ1) is 15.2. The van der Waals surface area contributed by atoms with E-state index < -0.39 is 0 Å². The topological polar surface area (TPSA) is 33.7 Å². The molecule has 0 spiro atoms. The molecular formula is C15H30N2O2. The van der Waals surface area contributed by atoms with Gasteiger partial charge >= 0.3 is 0 Å². The Labute approximate surface area is 117 Å². The maximum Gasteiger partial charge on any atom is 0.106 e. The maximum atomic E-state index is 5.80. The summed E-state index contributed by atoms with van der Waals surface area (Å²) in [4.78, 5) is 2.63. The van der Waals surface area contributed by atoms with Crippen LogP contribution in [0.4, 0.5) is 0 Å². The van der Waals surface area contributed by atoms with Gasteiger partial charge in [-0.2, -0.15) is 0 Å². The van der Waals surface area contributed by atoms with Gasteiger partial charge in [0.2, 0.25) is 0 Å². The van der Waals surface area contributed by atoms with Crippen molar-refractivity contribution in [3.8, 4) is 0 Å². The molecular weight excluding hydrogens is 240 g/mol. The first-order valence-electron chi connectivity index (χ1n) is 7.83. The van der Waals surface area contributed by atoms with Gasteiger partial charge in [0.25, 0.3) is 0 Å². The highest BCUT2D eigenvalue weighted by Gasteiger charge is 2.39. The van der Waals surface area contributed by atoms with Crippen molar-refractivity contribution in [2.45, 2.75) is 57.2 Å². The zero-order chi connectivity index (χ0) is 13.7. The summed E-state index contributed by atoms with van der Waals surface area (Å²) in [5, 5.41) is 3.69. The lowest BCUT2D eigenvalue weighted by atomic mass is 9.97. The maximum absolute atomic E-state index is 5.80. The zero-order valence-electron chi connectivity index (χ0n) is 12.8. The smallest absolute Gasteiger partial charge is 0.106 e. The third-order valence-corrected chi connectivity index (χ3v) is 4.71. The highest BCUT2D eigenvalue weighted by molar-refractivity contribution is 4.93. The third-order valence-electron chi connectivity index (χ3n) is 4.71. The Kier molecular flexibility index (Phi) is 5.63. The second-order valence-corrected chi connectivity index (χ2v) is 6.08. The van der Waals surface area contributed by atoms with Crippen LogP contribution in [0.3, 0.4) is 0 Å². The zero-order valence-corrected chi connectivity index (χ0v) is 12.8. The van der Waals surface area contributed by atoms with E-state index in [9.17, 15) is 0 Å². The lowest BCUT2D eigenvalue weighted by Gasteiger charge is -2.43. The Morgan fingerprint density at radius 1 is 1.42 bits per heavy atom. The van der Waals surface area contributed by atoms with Gasteiger partial charge in [0, 0.05) is 51.9 Å². The molecule has 19 heavy (non-hydrogen) atoms. The molecule has 2 aliphatic heterocycles. The van der Waals surface area contributed by atoms with Crippen LogP contribution in [0, 0.1) is 0 Å². The summed E-state index contributed by atoms with van der Waals surface area (Å²) in [5.74, 6) is 0. The predicted octanol–water partition coefficient (Wildman–Crippen LogP) is 1.64. The first-order chi connectivity index (χ1) is 9.23. The summed E-state index contributed by atoms with van der Waals surface area (Å²) in [5.41, 5.74) is -0.0679. The van der Waals surface area contributed by atoms with E-state index in [0.29, 0.717) is 12.1 Å². The first-order valence-corrected chi connectivity index (χ1v) is 7.83. The lowest BCUT2D eigenvalue weighted by molar-refractivity contribution is -0.0556. The van der Waals surface area contributed by atoms with Crippen molar-refractivity contribution in [3.05, 3.63) is 0 Å². The van der Waals surface area contributed by atoms with E-state index >= 15 is 0 Å². The molecule has 2 heterocycles. The van der Waals surface area contributed by atoms with E-state index in [1.54, 1.807) is 0 Å². The molecule has 3 atom stereocenters. The van der Waals surface area contributed by atoms with Gasteiger partial charge in [0.15, 0.2) is 0 Å². The SMILES string of the molecule is CCCC1CN(CC2(OC)CCOC2)C(CC)CN1. The van der Waals surface area contributed by atoms with Crippen LogP contribution in [0.5, 0.6) is 0 Å². The fourth-order valence-electron chi connectivity index (χ4n) is 3.38. The Morgan fingerprint density at radius 2 is 2.26 bits per heavy atom. The van der Waals surface area contributed by atoms with Gasteiger partial charge in [-0.3, -0.25) is 4.90 Å². The minimum absolute atomic E-state index is 0.0679. The summed E-state index contributed by atoms with van der Waals surface area (Å²) in [6.07, 6.45) is 4.75. The third kappa shape index (κ3) is 3.69. The molecule has 0 saturated carbocycles. The summed E-state index contributed by atoms with van der Waals surface area (Å²) >= 11 is 0. The monoisotopic (exact) mass is 270 g/mol. The van der Waals surface area contributed by atoms with E-state index in [1.807, 2.05) is 7.11 Å². The van der Waals surface area contributed by atoms with Gasteiger partial charge in [-0.05, 0) is 12.8 Å². The fourth-order valence-corrected chi connectivity index (χ4v) is 3.38. The van der Waals surface area contributed by atoms with Crippen LogP contribution >= 0.6 is 0 Å². The highest BCUT2D eigenvalue weighted by atomic mass is 16.5. The summed E-state index contributed by atoms with van der Waals surface area (Å²) < 4.78 is 11.4. The summed E-state index contributed by atoms with van der Waals surface area (Å²) in [7, 11) is 1.83. The molecule has 3 unspecified atom stereocenters. The van der Waals surface area contributed by atoms with E-state index in [-0.39, 0.29) is 5.60 Å². The van der Waals surface area contributed by atoms with E-state index in [0.717, 1.165) is 39.3 Å². The lowest BCUT2D eigenvalue weighted by Crippen LogP contribution is -2.60. The molecule has 0 aromatic rings. The highest BCUT2D eigenvalue weighted by Crippen LogP contribution is 2.26. The number of hydrogen-bond donors (Lipinski definition) is 1. The van der Waals surface area contributed by atoms with Crippen LogP contribution in [0.25, 0.3) is 0 Å².